The van der Waals surface area contributed by atoms with Crippen LogP contribution >= 0.6 is 0 Å². The van der Waals surface area contributed by atoms with Crippen LogP contribution in [0.4, 0.5) is 0 Å². The van der Waals surface area contributed by atoms with Gasteiger partial charge >= 0.3 is 0 Å². The Morgan fingerprint density at radius 3 is 2.65 bits per heavy atom. The maximum atomic E-state index is 9.90. The smallest absolute Gasteiger partial charge is 0.267 e. The molecule has 82 valence electrons. The van der Waals surface area contributed by atoms with Crippen LogP contribution in [-0.4, -0.2) is 10.2 Å². The molecular formula is C14H11N2O+. The first kappa shape index (κ1) is 9.78. The van der Waals surface area contributed by atoms with Gasteiger partial charge in [0.25, 0.3) is 5.52 Å². The quantitative estimate of drug-likeness (QED) is 0.508. The summed E-state index contributed by atoms with van der Waals surface area (Å²) in [6, 6.07) is 13.7. The number of nitrogens with zero attached hydrogens (tertiary/aromatic N) is 2. The molecule has 0 saturated heterocycles. The zero-order chi connectivity index (χ0) is 11.7. The number of benzene rings is 1. The van der Waals surface area contributed by atoms with Crippen molar-refractivity contribution in [3.05, 3.63) is 61.1 Å². The van der Waals surface area contributed by atoms with E-state index in [1.807, 2.05) is 36.4 Å². The van der Waals surface area contributed by atoms with Gasteiger partial charge in [0, 0.05) is 23.2 Å². The Labute approximate surface area is 98.6 Å². The van der Waals surface area contributed by atoms with Crippen LogP contribution in [0.5, 0.6) is 0 Å². The molecule has 0 saturated carbocycles. The molecule has 0 radical (unpaired) electrons. The monoisotopic (exact) mass is 223 g/mol. The molecule has 1 N–H and O–H groups in total. The highest BCUT2D eigenvalue weighted by Gasteiger charge is 2.11. The highest BCUT2D eigenvalue weighted by Crippen LogP contribution is 2.20. The average molecular weight is 223 g/mol. The largest absolute Gasteiger partial charge is 0.285 e. The number of hydrogen-bond acceptors (Lipinski definition) is 2. The lowest BCUT2D eigenvalue weighted by molar-refractivity contribution is -0.884. The Morgan fingerprint density at radius 1 is 1.00 bits per heavy atom. The van der Waals surface area contributed by atoms with E-state index in [2.05, 4.69) is 4.98 Å². The molecule has 0 aliphatic carbocycles. The fourth-order valence-corrected chi connectivity index (χ4v) is 1.91. The van der Waals surface area contributed by atoms with Gasteiger partial charge in [0.2, 0.25) is 6.20 Å². The minimum atomic E-state index is 0.750. The molecule has 0 atom stereocenters. The van der Waals surface area contributed by atoms with E-state index < -0.39 is 0 Å². The van der Waals surface area contributed by atoms with Crippen molar-refractivity contribution in [2.24, 2.45) is 0 Å². The zero-order valence-electron chi connectivity index (χ0n) is 9.12. The fraction of sp³-hybridized carbons (Fsp3) is 0. The van der Waals surface area contributed by atoms with Gasteiger partial charge in [-0.15, -0.1) is 0 Å². The second-order valence-electron chi connectivity index (χ2n) is 3.87. The summed E-state index contributed by atoms with van der Waals surface area (Å²) in [5.41, 5.74) is 2.79. The summed E-state index contributed by atoms with van der Waals surface area (Å²) in [5.74, 6) is 0. The fourth-order valence-electron chi connectivity index (χ4n) is 1.91. The summed E-state index contributed by atoms with van der Waals surface area (Å²) < 4.78 is 1.14. The Hall–Kier alpha value is -2.42. The maximum absolute atomic E-state index is 9.90. The maximum Gasteiger partial charge on any atom is 0.267 e. The first-order chi connectivity index (χ1) is 8.34. The number of hydrogen-bond donors (Lipinski definition) is 1. The van der Waals surface area contributed by atoms with Gasteiger partial charge in [0.15, 0.2) is 0 Å². The molecule has 0 unspecified atom stereocenters. The Morgan fingerprint density at radius 2 is 1.82 bits per heavy atom. The molecule has 3 nitrogen and oxygen atoms in total. The third kappa shape index (κ3) is 1.72. The minimum Gasteiger partial charge on any atom is -0.285 e. The predicted molar refractivity (Wildman–Crippen MR) is 64.6 cm³/mol. The van der Waals surface area contributed by atoms with Crippen molar-refractivity contribution in [3.8, 4) is 11.1 Å². The van der Waals surface area contributed by atoms with E-state index >= 15 is 0 Å². The first-order valence-electron chi connectivity index (χ1n) is 5.39. The number of pyridine rings is 2. The van der Waals surface area contributed by atoms with Crippen LogP contribution in [0.3, 0.4) is 0 Å². The molecule has 0 fully saturated rings. The van der Waals surface area contributed by atoms with Crippen molar-refractivity contribution in [1.29, 1.82) is 0 Å². The summed E-state index contributed by atoms with van der Waals surface area (Å²) in [7, 11) is 0. The van der Waals surface area contributed by atoms with Crippen LogP contribution in [0.15, 0.2) is 61.1 Å². The van der Waals surface area contributed by atoms with Crippen molar-refractivity contribution in [2.75, 3.05) is 0 Å². The van der Waals surface area contributed by atoms with Crippen LogP contribution in [0.25, 0.3) is 22.0 Å². The van der Waals surface area contributed by atoms with Crippen LogP contribution in [-0.2, 0) is 0 Å². The van der Waals surface area contributed by atoms with Gasteiger partial charge < -0.3 is 0 Å². The van der Waals surface area contributed by atoms with Gasteiger partial charge in [-0.05, 0) is 11.6 Å². The normalized spacial score (nSPS) is 10.6. The third-order valence-corrected chi connectivity index (χ3v) is 2.75. The lowest BCUT2D eigenvalue weighted by Crippen LogP contribution is -2.30. The van der Waals surface area contributed by atoms with Gasteiger partial charge in [-0.25, -0.2) is 0 Å². The molecule has 2 heterocycles. The SMILES string of the molecule is O[n+]1cc(-c2ccccc2)cc2cnccc21. The average Bonchev–Trinajstić information content (AvgIpc) is 2.40. The number of rotatable bonds is 1. The second kappa shape index (κ2) is 3.87. The van der Waals surface area contributed by atoms with Crippen LogP contribution in [0, 0.1) is 0 Å². The highest BCUT2D eigenvalue weighted by atomic mass is 16.5. The summed E-state index contributed by atoms with van der Waals surface area (Å²) in [5, 5.41) is 10.8. The van der Waals surface area contributed by atoms with Crippen molar-refractivity contribution < 1.29 is 9.94 Å². The molecule has 1 aromatic carbocycles. The topological polar surface area (TPSA) is 37.0 Å². The lowest BCUT2D eigenvalue weighted by atomic mass is 10.1. The van der Waals surface area contributed by atoms with Crippen molar-refractivity contribution in [2.45, 2.75) is 0 Å². The predicted octanol–water partition coefficient (Wildman–Crippen LogP) is 2.43. The molecule has 3 aromatic rings. The molecule has 0 aliphatic rings. The summed E-state index contributed by atoms with van der Waals surface area (Å²) >= 11 is 0. The van der Waals surface area contributed by atoms with E-state index in [0.29, 0.717) is 0 Å². The van der Waals surface area contributed by atoms with Gasteiger partial charge in [-0.2, -0.15) is 0 Å². The van der Waals surface area contributed by atoms with Gasteiger partial charge in [0.05, 0.1) is 10.9 Å². The number of fused-ring (bicyclic) bond motifs is 1. The van der Waals surface area contributed by atoms with E-state index in [4.69, 9.17) is 0 Å². The summed E-state index contributed by atoms with van der Waals surface area (Å²) in [6.07, 6.45) is 5.11. The highest BCUT2D eigenvalue weighted by molar-refractivity contribution is 5.79. The van der Waals surface area contributed by atoms with E-state index in [-0.39, 0.29) is 0 Å². The molecule has 0 amide bonds. The van der Waals surface area contributed by atoms with Gasteiger partial charge in [-0.3, -0.25) is 10.2 Å². The number of aromatic nitrogens is 2. The lowest BCUT2D eigenvalue weighted by Gasteiger charge is -2.00. The van der Waals surface area contributed by atoms with Gasteiger partial charge in [-0.1, -0.05) is 30.3 Å². The Balaban J connectivity index is 2.26. The van der Waals surface area contributed by atoms with E-state index in [9.17, 15) is 5.21 Å². The molecule has 3 rings (SSSR count). The van der Waals surface area contributed by atoms with Crippen molar-refractivity contribution >= 4 is 10.9 Å². The van der Waals surface area contributed by atoms with E-state index in [1.54, 1.807) is 24.7 Å². The van der Waals surface area contributed by atoms with E-state index in [1.165, 1.54) is 0 Å². The van der Waals surface area contributed by atoms with Crippen LogP contribution < -0.4 is 4.73 Å². The summed E-state index contributed by atoms with van der Waals surface area (Å²) in [4.78, 5) is 4.06. The molecule has 0 aliphatic heterocycles. The van der Waals surface area contributed by atoms with Crippen molar-refractivity contribution in [3.63, 3.8) is 0 Å². The zero-order valence-corrected chi connectivity index (χ0v) is 9.12. The first-order valence-corrected chi connectivity index (χ1v) is 5.39. The molecule has 2 aromatic heterocycles. The minimum absolute atomic E-state index is 0.750. The Kier molecular flexibility index (Phi) is 2.22. The van der Waals surface area contributed by atoms with Crippen LogP contribution in [0.1, 0.15) is 0 Å². The molecular weight excluding hydrogens is 212 g/mol. The van der Waals surface area contributed by atoms with Gasteiger partial charge in [0.1, 0.15) is 0 Å². The third-order valence-electron chi connectivity index (χ3n) is 2.75. The molecule has 0 bridgehead atoms. The molecule has 3 heteroatoms. The standard InChI is InChI=1S/C14H11N2O/c17-16-10-13(11-4-2-1-3-5-11)8-12-9-15-7-6-14(12)16/h1-10,17H/q+1. The van der Waals surface area contributed by atoms with Crippen LogP contribution in [0.2, 0.25) is 0 Å². The molecule has 0 spiro atoms. The molecule has 17 heavy (non-hydrogen) atoms. The summed E-state index contributed by atoms with van der Waals surface area (Å²) in [6.45, 7) is 0. The Bertz CT molecular complexity index is 665. The van der Waals surface area contributed by atoms with Crippen molar-refractivity contribution in [1.82, 2.24) is 4.98 Å². The second-order valence-corrected chi connectivity index (χ2v) is 3.87. The van der Waals surface area contributed by atoms with E-state index in [0.717, 1.165) is 26.8 Å².